The van der Waals surface area contributed by atoms with E-state index in [0.717, 1.165) is 57.9 Å². The fourth-order valence-electron chi connectivity index (χ4n) is 3.39. The van der Waals surface area contributed by atoms with Gasteiger partial charge in [-0.1, -0.05) is 0 Å². The van der Waals surface area contributed by atoms with Crippen LogP contribution in [0.15, 0.2) is 18.3 Å². The van der Waals surface area contributed by atoms with Crippen molar-refractivity contribution in [1.82, 2.24) is 9.88 Å². The Hall–Kier alpha value is -1.66. The fraction of sp³-hybridized carbons (Fsp3) is 0.667. The summed E-state index contributed by atoms with van der Waals surface area (Å²) >= 11 is 0. The molecule has 0 bridgehead atoms. The number of rotatable bonds is 6. The minimum absolute atomic E-state index is 0.0795. The molecular weight excluding hydrogens is 304 g/mol. The molecule has 1 amide bonds. The number of aromatic nitrogens is 1. The van der Waals surface area contributed by atoms with E-state index in [4.69, 9.17) is 10.5 Å². The molecule has 3 rings (SSSR count). The minimum atomic E-state index is 0.0795. The van der Waals surface area contributed by atoms with Gasteiger partial charge in [-0.15, -0.1) is 0 Å². The molecule has 0 unspecified atom stereocenters. The third-order valence-electron chi connectivity index (χ3n) is 4.86. The number of anilines is 1. The summed E-state index contributed by atoms with van der Waals surface area (Å²) in [7, 11) is 0. The van der Waals surface area contributed by atoms with E-state index in [1.807, 2.05) is 17.0 Å². The highest BCUT2D eigenvalue weighted by Crippen LogP contribution is 2.20. The van der Waals surface area contributed by atoms with Crippen LogP contribution in [0, 0.1) is 0 Å². The second-order valence-electron chi connectivity index (χ2n) is 6.60. The highest BCUT2D eigenvalue weighted by Gasteiger charge is 2.24. The molecule has 1 aromatic rings. The molecule has 2 fully saturated rings. The predicted molar refractivity (Wildman–Crippen MR) is 94.2 cm³/mol. The number of hydrogen-bond acceptors (Lipinski definition) is 5. The number of amides is 1. The Kier molecular flexibility index (Phi) is 6.04. The first kappa shape index (κ1) is 17.2. The van der Waals surface area contributed by atoms with E-state index in [0.29, 0.717) is 12.1 Å². The number of piperidine rings is 1. The molecule has 0 spiro atoms. The lowest BCUT2D eigenvalue weighted by Crippen LogP contribution is -2.41. The Balaban J connectivity index is 1.49. The first-order valence-corrected chi connectivity index (χ1v) is 9.10. The molecule has 2 N–H and O–H groups in total. The first-order valence-electron chi connectivity index (χ1n) is 9.10. The number of nitrogens with zero attached hydrogens (tertiary/aromatic N) is 3. The van der Waals surface area contributed by atoms with Gasteiger partial charge in [0.2, 0.25) is 0 Å². The second kappa shape index (κ2) is 8.44. The van der Waals surface area contributed by atoms with Crippen LogP contribution in [0.4, 0.5) is 5.82 Å². The average Bonchev–Trinajstić information content (AvgIpc) is 3.17. The van der Waals surface area contributed by atoms with Gasteiger partial charge in [0.1, 0.15) is 5.82 Å². The molecule has 0 aromatic carbocycles. The van der Waals surface area contributed by atoms with Crippen LogP contribution in [0.2, 0.25) is 0 Å². The molecule has 2 aliphatic rings. The second-order valence-corrected chi connectivity index (χ2v) is 6.60. The molecule has 2 saturated heterocycles. The number of likely N-dealkylation sites (tertiary alicyclic amines) is 1. The maximum atomic E-state index is 12.6. The molecule has 3 heterocycles. The van der Waals surface area contributed by atoms with Gasteiger partial charge >= 0.3 is 0 Å². The lowest BCUT2D eigenvalue weighted by molar-refractivity contribution is 0.00844. The summed E-state index contributed by atoms with van der Waals surface area (Å²) in [5.74, 6) is 1.06. The number of nitrogens with two attached hydrogens (primary N) is 1. The number of hydrogen-bond donors (Lipinski definition) is 1. The van der Waals surface area contributed by atoms with E-state index in [1.54, 1.807) is 6.20 Å². The summed E-state index contributed by atoms with van der Waals surface area (Å²) in [5.41, 5.74) is 6.16. The van der Waals surface area contributed by atoms with Gasteiger partial charge in [-0.05, 0) is 50.8 Å². The molecule has 0 atom stereocenters. The molecule has 0 radical (unpaired) electrons. The van der Waals surface area contributed by atoms with Gasteiger partial charge in [0.15, 0.2) is 0 Å². The van der Waals surface area contributed by atoms with Crippen molar-refractivity contribution in [1.29, 1.82) is 0 Å². The third-order valence-corrected chi connectivity index (χ3v) is 4.86. The Morgan fingerprint density at radius 2 is 1.96 bits per heavy atom. The van der Waals surface area contributed by atoms with E-state index in [9.17, 15) is 4.79 Å². The van der Waals surface area contributed by atoms with Crippen molar-refractivity contribution in [3.8, 4) is 0 Å². The zero-order chi connectivity index (χ0) is 16.8. The molecule has 6 nitrogen and oxygen atoms in total. The van der Waals surface area contributed by atoms with Crippen LogP contribution in [0.1, 0.15) is 42.5 Å². The molecule has 2 aliphatic heterocycles. The van der Waals surface area contributed by atoms with E-state index < -0.39 is 0 Å². The average molecular weight is 332 g/mol. The van der Waals surface area contributed by atoms with Gasteiger partial charge in [-0.2, -0.15) is 0 Å². The van der Waals surface area contributed by atoms with Gasteiger partial charge in [-0.3, -0.25) is 4.79 Å². The van der Waals surface area contributed by atoms with Crippen LogP contribution in [0.5, 0.6) is 0 Å². The first-order chi connectivity index (χ1) is 11.8. The molecule has 6 heteroatoms. The van der Waals surface area contributed by atoms with Gasteiger partial charge in [-0.25, -0.2) is 4.98 Å². The normalized spacial score (nSPS) is 19.0. The van der Waals surface area contributed by atoms with Gasteiger partial charge in [0, 0.05) is 39.0 Å². The summed E-state index contributed by atoms with van der Waals surface area (Å²) in [5, 5.41) is 0. The van der Waals surface area contributed by atoms with Crippen LogP contribution >= 0.6 is 0 Å². The van der Waals surface area contributed by atoms with Crippen molar-refractivity contribution in [2.24, 2.45) is 5.73 Å². The topological polar surface area (TPSA) is 71.7 Å². The van der Waals surface area contributed by atoms with Crippen LogP contribution in [0.25, 0.3) is 0 Å². The highest BCUT2D eigenvalue weighted by atomic mass is 16.5. The lowest BCUT2D eigenvalue weighted by Gasteiger charge is -2.32. The largest absolute Gasteiger partial charge is 0.378 e. The summed E-state index contributed by atoms with van der Waals surface area (Å²) in [6, 6.07) is 3.88. The summed E-state index contributed by atoms with van der Waals surface area (Å²) < 4.78 is 5.79. The van der Waals surface area contributed by atoms with E-state index >= 15 is 0 Å². The minimum Gasteiger partial charge on any atom is -0.378 e. The van der Waals surface area contributed by atoms with Crippen molar-refractivity contribution in [3.05, 3.63) is 23.9 Å². The van der Waals surface area contributed by atoms with Gasteiger partial charge in [0.25, 0.3) is 5.91 Å². The Morgan fingerprint density at radius 1 is 1.21 bits per heavy atom. The Morgan fingerprint density at radius 3 is 2.58 bits per heavy atom. The van der Waals surface area contributed by atoms with Crippen LogP contribution in [0.3, 0.4) is 0 Å². The van der Waals surface area contributed by atoms with Crippen molar-refractivity contribution in [2.45, 2.75) is 38.2 Å². The lowest BCUT2D eigenvalue weighted by atomic mass is 10.1. The van der Waals surface area contributed by atoms with Crippen molar-refractivity contribution < 1.29 is 9.53 Å². The van der Waals surface area contributed by atoms with E-state index in [1.165, 1.54) is 12.8 Å². The number of carbonyl (C=O) groups is 1. The maximum absolute atomic E-state index is 12.6. The fourth-order valence-corrected chi connectivity index (χ4v) is 3.39. The Bertz CT molecular complexity index is 520. The van der Waals surface area contributed by atoms with Gasteiger partial charge in [0.05, 0.1) is 11.7 Å². The van der Waals surface area contributed by atoms with Crippen molar-refractivity contribution >= 4 is 11.7 Å². The number of carbonyl (C=O) groups excluding carboxylic acids is 1. The van der Waals surface area contributed by atoms with Crippen LogP contribution in [-0.4, -0.2) is 61.2 Å². The zero-order valence-electron chi connectivity index (χ0n) is 14.3. The highest BCUT2D eigenvalue weighted by molar-refractivity contribution is 5.94. The van der Waals surface area contributed by atoms with Gasteiger partial charge < -0.3 is 20.3 Å². The predicted octanol–water partition coefficient (Wildman–Crippen LogP) is 1.65. The van der Waals surface area contributed by atoms with E-state index in [2.05, 4.69) is 9.88 Å². The SMILES string of the molecule is NCCCOC1CCN(C(=O)c2ccc(N3CCCC3)nc2)CC1. The van der Waals surface area contributed by atoms with Crippen LogP contribution < -0.4 is 10.6 Å². The van der Waals surface area contributed by atoms with Crippen LogP contribution in [-0.2, 0) is 4.74 Å². The number of ether oxygens (including phenoxy) is 1. The third kappa shape index (κ3) is 4.24. The quantitative estimate of drug-likeness (QED) is 0.802. The standard InChI is InChI=1S/C18H28N4O2/c19-8-3-13-24-16-6-11-22(12-7-16)18(23)15-4-5-17(20-14-15)21-9-1-2-10-21/h4-5,14,16H,1-3,6-13,19H2. The maximum Gasteiger partial charge on any atom is 0.255 e. The molecule has 1 aromatic heterocycles. The summed E-state index contributed by atoms with van der Waals surface area (Å²) in [6.07, 6.45) is 7.13. The smallest absolute Gasteiger partial charge is 0.255 e. The monoisotopic (exact) mass is 332 g/mol. The molecule has 132 valence electrons. The molecule has 0 aliphatic carbocycles. The molecule has 24 heavy (non-hydrogen) atoms. The van der Waals surface area contributed by atoms with Crippen molar-refractivity contribution in [2.75, 3.05) is 44.2 Å². The van der Waals surface area contributed by atoms with Crippen molar-refractivity contribution in [3.63, 3.8) is 0 Å². The zero-order valence-corrected chi connectivity index (χ0v) is 14.3. The molecular formula is C18H28N4O2. The Labute approximate surface area is 144 Å². The summed E-state index contributed by atoms with van der Waals surface area (Å²) in [6.45, 7) is 5.02. The molecule has 0 saturated carbocycles. The number of pyridine rings is 1. The summed E-state index contributed by atoms with van der Waals surface area (Å²) in [4.78, 5) is 21.3. The van der Waals surface area contributed by atoms with E-state index in [-0.39, 0.29) is 12.0 Å².